The summed E-state index contributed by atoms with van der Waals surface area (Å²) >= 11 is 4.60. The molecular formula is C17H11BrF2N2O2S. The Hall–Kier alpha value is -2.32. The lowest BCUT2D eigenvalue weighted by atomic mass is 10.2. The smallest absolute Gasteiger partial charge is 0.387 e. The molecule has 0 aliphatic rings. The molecule has 0 aliphatic heterocycles. The Morgan fingerprint density at radius 2 is 1.80 bits per heavy atom. The maximum atomic E-state index is 12.2. The molecule has 2 aromatic carbocycles. The van der Waals surface area contributed by atoms with Gasteiger partial charge in [0, 0.05) is 21.0 Å². The number of anilines is 1. The molecule has 1 amide bonds. The van der Waals surface area contributed by atoms with Crippen LogP contribution in [0.5, 0.6) is 5.75 Å². The van der Waals surface area contributed by atoms with Crippen molar-refractivity contribution in [3.05, 3.63) is 63.9 Å². The third-order valence-corrected chi connectivity index (χ3v) is 4.49. The van der Waals surface area contributed by atoms with Crippen molar-refractivity contribution in [1.29, 1.82) is 0 Å². The Labute approximate surface area is 154 Å². The van der Waals surface area contributed by atoms with Gasteiger partial charge in [-0.25, -0.2) is 4.98 Å². The van der Waals surface area contributed by atoms with E-state index in [0.29, 0.717) is 16.4 Å². The van der Waals surface area contributed by atoms with Gasteiger partial charge in [0.1, 0.15) is 5.75 Å². The molecule has 128 valence electrons. The molecule has 1 N–H and O–H groups in total. The lowest BCUT2D eigenvalue weighted by Crippen LogP contribution is -2.11. The zero-order valence-electron chi connectivity index (χ0n) is 12.6. The number of benzene rings is 2. The molecular weight excluding hydrogens is 414 g/mol. The molecule has 8 heteroatoms. The molecule has 0 atom stereocenters. The highest BCUT2D eigenvalue weighted by atomic mass is 79.9. The van der Waals surface area contributed by atoms with Gasteiger partial charge in [0.15, 0.2) is 5.13 Å². The van der Waals surface area contributed by atoms with E-state index in [1.165, 1.54) is 23.5 Å². The minimum atomic E-state index is -2.86. The maximum absolute atomic E-state index is 12.2. The van der Waals surface area contributed by atoms with Crippen LogP contribution < -0.4 is 10.1 Å². The van der Waals surface area contributed by atoms with Gasteiger partial charge in [-0.2, -0.15) is 8.78 Å². The highest BCUT2D eigenvalue weighted by Gasteiger charge is 2.11. The number of carbonyl (C=O) groups excluding carboxylic acids is 1. The predicted octanol–water partition coefficient (Wildman–Crippen LogP) is 5.43. The molecule has 0 saturated carbocycles. The molecule has 0 unspecified atom stereocenters. The highest BCUT2D eigenvalue weighted by molar-refractivity contribution is 9.10. The van der Waals surface area contributed by atoms with Crippen LogP contribution in [0.15, 0.2) is 58.4 Å². The fraction of sp³-hybridized carbons (Fsp3) is 0.0588. The number of hydrogen-bond acceptors (Lipinski definition) is 4. The second kappa shape index (κ2) is 7.71. The number of amides is 1. The molecule has 3 rings (SSSR count). The molecule has 0 saturated heterocycles. The number of rotatable bonds is 5. The number of aromatic nitrogens is 1. The van der Waals surface area contributed by atoms with Crippen LogP contribution >= 0.6 is 27.3 Å². The number of ether oxygens (including phenoxy) is 1. The van der Waals surface area contributed by atoms with Crippen molar-refractivity contribution in [2.45, 2.75) is 6.61 Å². The van der Waals surface area contributed by atoms with E-state index in [2.05, 4.69) is 31.0 Å². The first-order valence-corrected chi connectivity index (χ1v) is 8.76. The Morgan fingerprint density at radius 3 is 2.44 bits per heavy atom. The van der Waals surface area contributed by atoms with E-state index in [-0.39, 0.29) is 11.7 Å². The second-order valence-electron chi connectivity index (χ2n) is 4.90. The first kappa shape index (κ1) is 17.5. The molecule has 3 aromatic rings. The van der Waals surface area contributed by atoms with Crippen LogP contribution in [0.4, 0.5) is 13.9 Å². The third kappa shape index (κ3) is 4.61. The van der Waals surface area contributed by atoms with Gasteiger partial charge in [0.05, 0.1) is 5.69 Å². The van der Waals surface area contributed by atoms with Gasteiger partial charge in [0.2, 0.25) is 0 Å². The molecule has 1 aromatic heterocycles. The van der Waals surface area contributed by atoms with Gasteiger partial charge in [-0.05, 0) is 48.5 Å². The summed E-state index contributed by atoms with van der Waals surface area (Å²) in [5.41, 5.74) is 1.90. The minimum absolute atomic E-state index is 0.0812. The van der Waals surface area contributed by atoms with Crippen LogP contribution in [0.3, 0.4) is 0 Å². The average molecular weight is 425 g/mol. The molecule has 0 aliphatic carbocycles. The van der Waals surface area contributed by atoms with Crippen molar-refractivity contribution in [2.75, 3.05) is 5.32 Å². The normalized spacial score (nSPS) is 10.7. The summed E-state index contributed by atoms with van der Waals surface area (Å²) in [6, 6.07) is 13.1. The van der Waals surface area contributed by atoms with E-state index >= 15 is 0 Å². The summed E-state index contributed by atoms with van der Waals surface area (Å²) in [5.74, 6) is -0.174. The van der Waals surface area contributed by atoms with E-state index < -0.39 is 6.61 Å². The van der Waals surface area contributed by atoms with Gasteiger partial charge in [0.25, 0.3) is 5.91 Å². The summed E-state index contributed by atoms with van der Waals surface area (Å²) in [6.07, 6.45) is 0. The lowest BCUT2D eigenvalue weighted by molar-refractivity contribution is -0.0498. The van der Waals surface area contributed by atoms with Crippen LogP contribution in [0, 0.1) is 0 Å². The van der Waals surface area contributed by atoms with Crippen molar-refractivity contribution in [1.82, 2.24) is 4.98 Å². The van der Waals surface area contributed by atoms with Gasteiger partial charge < -0.3 is 4.74 Å². The van der Waals surface area contributed by atoms with Crippen LogP contribution in [0.2, 0.25) is 0 Å². The van der Waals surface area contributed by atoms with Crippen LogP contribution in [0.25, 0.3) is 11.3 Å². The van der Waals surface area contributed by atoms with E-state index in [0.717, 1.165) is 10.0 Å². The number of carbonyl (C=O) groups is 1. The second-order valence-corrected chi connectivity index (χ2v) is 6.68. The van der Waals surface area contributed by atoms with Crippen molar-refractivity contribution in [3.8, 4) is 17.0 Å². The zero-order valence-corrected chi connectivity index (χ0v) is 15.0. The number of nitrogens with one attached hydrogen (secondary N) is 1. The lowest BCUT2D eigenvalue weighted by Gasteiger charge is -2.04. The molecule has 4 nitrogen and oxygen atoms in total. The summed E-state index contributed by atoms with van der Waals surface area (Å²) in [5, 5.41) is 4.97. The van der Waals surface area contributed by atoms with Crippen molar-refractivity contribution in [3.63, 3.8) is 0 Å². The van der Waals surface area contributed by atoms with Gasteiger partial charge in [-0.1, -0.05) is 15.9 Å². The monoisotopic (exact) mass is 424 g/mol. The van der Waals surface area contributed by atoms with Crippen LogP contribution in [-0.2, 0) is 0 Å². The molecule has 25 heavy (non-hydrogen) atoms. The topological polar surface area (TPSA) is 51.2 Å². The standard InChI is InChI=1S/C17H11BrF2N2O2S/c18-12-5-1-11(2-6-12)15(23)22-17-21-14(9-25-17)10-3-7-13(8-4-10)24-16(19)20/h1-9,16H,(H,21,22,23). The fourth-order valence-corrected chi connectivity index (χ4v) is 3.02. The maximum Gasteiger partial charge on any atom is 0.387 e. The van der Waals surface area contributed by atoms with E-state index in [9.17, 15) is 13.6 Å². The van der Waals surface area contributed by atoms with Gasteiger partial charge >= 0.3 is 6.61 Å². The van der Waals surface area contributed by atoms with E-state index in [1.54, 1.807) is 41.8 Å². The number of hydrogen-bond donors (Lipinski definition) is 1. The quantitative estimate of drug-likeness (QED) is 0.594. The Kier molecular flexibility index (Phi) is 5.40. The average Bonchev–Trinajstić information content (AvgIpc) is 3.04. The number of alkyl halides is 2. The van der Waals surface area contributed by atoms with Crippen LogP contribution in [0.1, 0.15) is 10.4 Å². The molecule has 1 heterocycles. The first-order valence-electron chi connectivity index (χ1n) is 7.09. The third-order valence-electron chi connectivity index (χ3n) is 3.21. The van der Waals surface area contributed by atoms with Crippen molar-refractivity contribution < 1.29 is 18.3 Å². The van der Waals surface area contributed by atoms with Gasteiger partial charge in [-0.3, -0.25) is 10.1 Å². The Morgan fingerprint density at radius 1 is 1.12 bits per heavy atom. The zero-order chi connectivity index (χ0) is 17.8. The number of nitrogens with zero attached hydrogens (tertiary/aromatic N) is 1. The Balaban J connectivity index is 1.69. The largest absolute Gasteiger partial charge is 0.435 e. The summed E-state index contributed by atoms with van der Waals surface area (Å²) in [6.45, 7) is -2.86. The Bertz CT molecular complexity index is 867. The number of thiazole rings is 1. The summed E-state index contributed by atoms with van der Waals surface area (Å²) in [4.78, 5) is 16.5. The molecule has 0 radical (unpaired) electrons. The molecule has 0 spiro atoms. The summed E-state index contributed by atoms with van der Waals surface area (Å²) in [7, 11) is 0. The number of halogens is 3. The minimum Gasteiger partial charge on any atom is -0.435 e. The van der Waals surface area contributed by atoms with Crippen molar-refractivity contribution in [2.24, 2.45) is 0 Å². The van der Waals surface area contributed by atoms with E-state index in [1.807, 2.05) is 0 Å². The first-order chi connectivity index (χ1) is 12.0. The molecule has 0 fully saturated rings. The fourth-order valence-electron chi connectivity index (χ4n) is 2.04. The molecule has 0 bridgehead atoms. The van der Waals surface area contributed by atoms with Crippen molar-refractivity contribution >= 4 is 38.3 Å². The SMILES string of the molecule is O=C(Nc1nc(-c2ccc(OC(F)F)cc2)cs1)c1ccc(Br)cc1. The summed E-state index contributed by atoms with van der Waals surface area (Å²) < 4.78 is 29.5. The van der Waals surface area contributed by atoms with Gasteiger partial charge in [-0.15, -0.1) is 11.3 Å². The predicted molar refractivity (Wildman–Crippen MR) is 96.3 cm³/mol. The van der Waals surface area contributed by atoms with E-state index in [4.69, 9.17) is 0 Å². The van der Waals surface area contributed by atoms with Crippen LogP contribution in [-0.4, -0.2) is 17.5 Å². The highest BCUT2D eigenvalue weighted by Crippen LogP contribution is 2.27.